The van der Waals surface area contributed by atoms with Crippen molar-refractivity contribution in [3.63, 3.8) is 0 Å². The molecule has 3 nitrogen and oxygen atoms in total. The summed E-state index contributed by atoms with van der Waals surface area (Å²) in [7, 11) is 1.24. The summed E-state index contributed by atoms with van der Waals surface area (Å²) >= 11 is 0. The average Bonchev–Trinajstić information content (AvgIpc) is 2.11. The molecule has 0 unspecified atom stereocenters. The Morgan fingerprint density at radius 2 is 2.09 bits per heavy atom. The van der Waals surface area contributed by atoms with E-state index in [-0.39, 0.29) is 4.85 Å². The number of aromatic nitrogens is 2. The summed E-state index contributed by atoms with van der Waals surface area (Å²) in [4.78, 5) is 0.114. The van der Waals surface area contributed by atoms with Gasteiger partial charge in [0.25, 0.3) is 0 Å². The van der Waals surface area contributed by atoms with Gasteiger partial charge in [-0.15, -0.1) is 0 Å². The van der Waals surface area contributed by atoms with E-state index in [1.807, 2.05) is 0 Å². The van der Waals surface area contributed by atoms with Crippen LogP contribution in [0.5, 0.6) is 0 Å². The maximum Gasteiger partial charge on any atom is 0.423 e. The summed E-state index contributed by atoms with van der Waals surface area (Å²) in [5, 5.41) is 10.5. The van der Waals surface area contributed by atoms with E-state index in [1.54, 1.807) is 0 Å². The number of hydrogen-bond acceptors (Lipinski definition) is 1. The van der Waals surface area contributed by atoms with E-state index >= 15 is 0 Å². The van der Waals surface area contributed by atoms with Gasteiger partial charge in [0, 0.05) is 0 Å². The third-order valence-electron chi connectivity index (χ3n) is 1.21. The molecular weight excluding hydrogens is 161 g/mol. The van der Waals surface area contributed by atoms with Gasteiger partial charge in [-0.05, 0) is 0 Å². The molecule has 0 saturated carbocycles. The maximum atomic E-state index is 11.8. The van der Waals surface area contributed by atoms with Crippen LogP contribution in [0.15, 0.2) is 12.4 Å². The van der Waals surface area contributed by atoms with Gasteiger partial charge < -0.3 is 5.21 Å². The van der Waals surface area contributed by atoms with Gasteiger partial charge in [-0.2, -0.15) is 17.9 Å². The van der Waals surface area contributed by atoms with Crippen LogP contribution in [0.2, 0.25) is 0 Å². The quantitative estimate of drug-likeness (QED) is 0.412. The number of halogens is 3. The summed E-state index contributed by atoms with van der Waals surface area (Å²) in [6.45, 7) is 0. The Bertz CT molecular complexity index is 246. The predicted molar refractivity (Wildman–Crippen MR) is 29.4 cm³/mol. The van der Waals surface area contributed by atoms with E-state index in [0.29, 0.717) is 6.20 Å². The Morgan fingerprint density at radius 3 is 2.27 bits per heavy atom. The molecule has 0 aliphatic heterocycles. The van der Waals surface area contributed by atoms with Crippen LogP contribution in [0.25, 0.3) is 0 Å². The first-order valence-electron chi connectivity index (χ1n) is 2.74. The second-order valence-electron chi connectivity index (χ2n) is 2.09. The fourth-order valence-corrected chi connectivity index (χ4v) is 0.648. The molecule has 0 atom stereocenters. The molecule has 0 bridgehead atoms. The Balaban J connectivity index is 3.08. The molecule has 0 amide bonds. The lowest BCUT2D eigenvalue weighted by Gasteiger charge is -1.97. The highest BCUT2D eigenvalue weighted by Crippen LogP contribution is 2.27. The molecular formula is C5H5F3N2O. The molecule has 6 heteroatoms. The predicted octanol–water partition coefficient (Wildman–Crippen LogP) is 0.677. The maximum absolute atomic E-state index is 11.8. The zero-order chi connectivity index (χ0) is 8.65. The van der Waals surface area contributed by atoms with Gasteiger partial charge in [-0.3, -0.25) is 0 Å². The largest absolute Gasteiger partial charge is 0.596 e. The van der Waals surface area contributed by atoms with Crippen molar-refractivity contribution >= 4 is 0 Å². The lowest BCUT2D eigenvalue weighted by molar-refractivity contribution is -0.691. The molecule has 0 aliphatic carbocycles. The second kappa shape index (κ2) is 2.14. The molecule has 0 N–H and O–H groups in total. The van der Waals surface area contributed by atoms with Crippen LogP contribution in [-0.4, -0.2) is 4.68 Å². The third-order valence-corrected chi connectivity index (χ3v) is 1.21. The minimum Gasteiger partial charge on any atom is -0.596 e. The first-order chi connectivity index (χ1) is 4.91. The van der Waals surface area contributed by atoms with Crippen molar-refractivity contribution < 1.29 is 18.0 Å². The first kappa shape index (κ1) is 7.90. The fourth-order valence-electron chi connectivity index (χ4n) is 0.648. The SMILES string of the molecule is Cn1cc(C(F)(F)F)c[n+]1[O-]. The minimum absolute atomic E-state index is 0.114. The van der Waals surface area contributed by atoms with Crippen molar-refractivity contribution in [3.8, 4) is 0 Å². The monoisotopic (exact) mass is 166 g/mol. The number of alkyl halides is 3. The Morgan fingerprint density at radius 1 is 1.55 bits per heavy atom. The standard InChI is InChI=1S/C5H5F3N2O/c1-9-2-4(3-10(9)11)5(6,7)8/h2-3H,1H3. The minimum atomic E-state index is -4.44. The van der Waals surface area contributed by atoms with Crippen molar-refractivity contribution in [3.05, 3.63) is 23.2 Å². The van der Waals surface area contributed by atoms with Gasteiger partial charge in [0.15, 0.2) is 0 Å². The molecule has 1 rings (SSSR count). The van der Waals surface area contributed by atoms with Crippen molar-refractivity contribution in [2.75, 3.05) is 0 Å². The number of rotatable bonds is 0. The van der Waals surface area contributed by atoms with Crippen molar-refractivity contribution in [2.45, 2.75) is 6.18 Å². The number of hydrogen-bond donors (Lipinski definition) is 0. The van der Waals surface area contributed by atoms with E-state index in [9.17, 15) is 18.4 Å². The highest BCUT2D eigenvalue weighted by atomic mass is 19.4. The van der Waals surface area contributed by atoms with Gasteiger partial charge in [0.05, 0.1) is 13.2 Å². The third kappa shape index (κ3) is 1.44. The zero-order valence-corrected chi connectivity index (χ0v) is 5.59. The summed E-state index contributed by atoms with van der Waals surface area (Å²) in [5.74, 6) is 0. The van der Waals surface area contributed by atoms with Crippen LogP contribution in [0.4, 0.5) is 13.2 Å². The lowest BCUT2D eigenvalue weighted by Crippen LogP contribution is -2.33. The molecule has 0 aromatic carbocycles. The summed E-state index contributed by atoms with van der Waals surface area (Å²) < 4.78 is 36.3. The van der Waals surface area contributed by atoms with E-state index in [2.05, 4.69) is 0 Å². The molecule has 0 fully saturated rings. The van der Waals surface area contributed by atoms with Gasteiger partial charge in [-0.25, -0.2) is 0 Å². The topological polar surface area (TPSA) is 31.9 Å². The van der Waals surface area contributed by atoms with Crippen LogP contribution in [-0.2, 0) is 13.2 Å². The van der Waals surface area contributed by atoms with Crippen molar-refractivity contribution in [1.82, 2.24) is 4.68 Å². The Hall–Kier alpha value is -1.20. The van der Waals surface area contributed by atoms with Crippen LogP contribution >= 0.6 is 0 Å². The zero-order valence-electron chi connectivity index (χ0n) is 5.59. The van der Waals surface area contributed by atoms with E-state index < -0.39 is 11.7 Å². The molecule has 0 radical (unpaired) electrons. The molecule has 0 saturated heterocycles. The van der Waals surface area contributed by atoms with Crippen molar-refractivity contribution in [1.29, 1.82) is 0 Å². The molecule has 1 aromatic rings. The van der Waals surface area contributed by atoms with Gasteiger partial charge in [-0.1, -0.05) is 4.85 Å². The fraction of sp³-hybridized carbons (Fsp3) is 0.400. The van der Waals surface area contributed by atoms with Crippen LogP contribution in [0, 0.1) is 5.21 Å². The summed E-state index contributed by atoms with van der Waals surface area (Å²) in [5.41, 5.74) is -0.935. The molecule has 11 heavy (non-hydrogen) atoms. The average molecular weight is 166 g/mol. The van der Waals surface area contributed by atoms with E-state index in [4.69, 9.17) is 0 Å². The number of nitrogens with zero attached hydrogens (tertiary/aromatic N) is 2. The molecule has 1 aromatic heterocycles. The van der Waals surface area contributed by atoms with Gasteiger partial charge in [0.2, 0.25) is 6.20 Å². The van der Waals surface area contributed by atoms with E-state index in [0.717, 1.165) is 10.9 Å². The molecule has 62 valence electrons. The summed E-state index contributed by atoms with van der Waals surface area (Å²) in [6.07, 6.45) is -3.22. The normalized spacial score (nSPS) is 12.0. The van der Waals surface area contributed by atoms with Gasteiger partial charge in [0.1, 0.15) is 5.56 Å². The van der Waals surface area contributed by atoms with Crippen molar-refractivity contribution in [2.24, 2.45) is 7.05 Å². The van der Waals surface area contributed by atoms with Crippen LogP contribution < -0.4 is 4.85 Å². The molecule has 0 spiro atoms. The Labute approximate surface area is 60.2 Å². The molecule has 1 heterocycles. The molecule has 0 aliphatic rings. The lowest BCUT2D eigenvalue weighted by atomic mass is 10.4. The van der Waals surface area contributed by atoms with E-state index in [1.165, 1.54) is 7.05 Å². The number of aryl methyl sites for hydroxylation is 1. The highest BCUT2D eigenvalue weighted by Gasteiger charge is 2.34. The smallest absolute Gasteiger partial charge is 0.423 e. The Kier molecular flexibility index (Phi) is 1.54. The van der Waals surface area contributed by atoms with Crippen LogP contribution in [0.3, 0.4) is 0 Å². The highest BCUT2D eigenvalue weighted by molar-refractivity contribution is 5.04. The van der Waals surface area contributed by atoms with Crippen LogP contribution in [0.1, 0.15) is 5.56 Å². The first-order valence-corrected chi connectivity index (χ1v) is 2.74. The summed E-state index contributed by atoms with van der Waals surface area (Å²) in [6, 6.07) is 0. The second-order valence-corrected chi connectivity index (χ2v) is 2.09. The van der Waals surface area contributed by atoms with Gasteiger partial charge >= 0.3 is 6.18 Å².